The molecule has 0 spiro atoms. The van der Waals surface area contributed by atoms with Gasteiger partial charge in [0.2, 0.25) is 5.76 Å². The maximum atomic E-state index is 12.7. The summed E-state index contributed by atoms with van der Waals surface area (Å²) in [6.45, 7) is 4.48. The minimum absolute atomic E-state index is 0.0520. The van der Waals surface area contributed by atoms with Crippen molar-refractivity contribution in [2.45, 2.75) is 13.5 Å². The first-order chi connectivity index (χ1) is 14.6. The minimum atomic E-state index is -0.191. The number of anilines is 1. The first-order valence-electron chi connectivity index (χ1n) is 9.89. The Bertz CT molecular complexity index is 1010. The van der Waals surface area contributed by atoms with Crippen LogP contribution in [0.1, 0.15) is 33.4 Å². The summed E-state index contributed by atoms with van der Waals surface area (Å²) in [5.74, 6) is 0.337. The minimum Gasteiger partial charge on any atom is -0.471 e. The predicted molar refractivity (Wildman–Crippen MR) is 112 cm³/mol. The van der Waals surface area contributed by atoms with Gasteiger partial charge in [-0.2, -0.15) is 0 Å². The van der Waals surface area contributed by atoms with E-state index in [9.17, 15) is 9.59 Å². The highest BCUT2D eigenvalue weighted by molar-refractivity contribution is 5.94. The molecule has 2 aromatic carbocycles. The average Bonchev–Trinajstić information content (AvgIpc) is 3.27. The molecule has 1 fully saturated rings. The second kappa shape index (κ2) is 8.82. The lowest BCUT2D eigenvalue weighted by Gasteiger charge is -2.35. The molecule has 7 nitrogen and oxygen atoms in total. The van der Waals surface area contributed by atoms with Crippen molar-refractivity contribution in [2.75, 3.05) is 31.1 Å². The van der Waals surface area contributed by atoms with Gasteiger partial charge in [-0.3, -0.25) is 9.59 Å². The molecule has 0 unspecified atom stereocenters. The molecule has 1 amide bonds. The normalized spacial score (nSPS) is 13.9. The molecule has 1 aromatic heterocycles. The Balaban J connectivity index is 1.31. The van der Waals surface area contributed by atoms with E-state index < -0.39 is 0 Å². The van der Waals surface area contributed by atoms with Crippen LogP contribution < -0.4 is 9.64 Å². The number of carbonyl (C=O) groups is 2. The number of nitrogens with zero attached hydrogens (tertiary/aromatic N) is 3. The summed E-state index contributed by atoms with van der Waals surface area (Å²) in [5, 5.41) is 3.85. The molecule has 2 heterocycles. The van der Waals surface area contributed by atoms with Crippen LogP contribution in [0.3, 0.4) is 0 Å². The Morgan fingerprint density at radius 3 is 2.37 bits per heavy atom. The number of carbonyl (C=O) groups excluding carboxylic acids is 2. The molecule has 0 N–H and O–H groups in total. The second-order valence-corrected chi connectivity index (χ2v) is 7.19. The molecule has 1 aliphatic rings. The molecule has 0 radical (unpaired) electrons. The number of hydrogen-bond acceptors (Lipinski definition) is 6. The SMILES string of the molecule is CC(=O)c1ccc(N2CCN(C(=O)c3cc(OCc4ccccc4)no3)CC2)cc1. The fraction of sp³-hybridized carbons (Fsp3) is 0.261. The number of ether oxygens (including phenoxy) is 1. The van der Waals surface area contributed by atoms with Crippen molar-refractivity contribution in [2.24, 2.45) is 0 Å². The Morgan fingerprint density at radius 1 is 1.00 bits per heavy atom. The van der Waals surface area contributed by atoms with Gasteiger partial charge in [-0.1, -0.05) is 30.3 Å². The van der Waals surface area contributed by atoms with Crippen molar-refractivity contribution < 1.29 is 18.8 Å². The van der Waals surface area contributed by atoms with Crippen LogP contribution in [0.5, 0.6) is 5.88 Å². The van der Waals surface area contributed by atoms with Gasteiger partial charge in [0.25, 0.3) is 11.8 Å². The molecule has 0 saturated carbocycles. The third-order valence-corrected chi connectivity index (χ3v) is 5.13. The van der Waals surface area contributed by atoms with E-state index in [0.29, 0.717) is 44.2 Å². The van der Waals surface area contributed by atoms with Gasteiger partial charge in [-0.15, -0.1) is 0 Å². The molecular weight excluding hydrogens is 382 g/mol. The average molecular weight is 405 g/mol. The first-order valence-corrected chi connectivity index (χ1v) is 9.89. The number of ketones is 1. The van der Waals surface area contributed by atoms with Gasteiger partial charge in [-0.05, 0) is 41.9 Å². The summed E-state index contributed by atoms with van der Waals surface area (Å²) >= 11 is 0. The third-order valence-electron chi connectivity index (χ3n) is 5.13. The summed E-state index contributed by atoms with van der Waals surface area (Å²) in [7, 11) is 0. The fourth-order valence-electron chi connectivity index (χ4n) is 3.39. The summed E-state index contributed by atoms with van der Waals surface area (Å²) in [4.78, 5) is 28.1. The maximum Gasteiger partial charge on any atom is 0.292 e. The highest BCUT2D eigenvalue weighted by Crippen LogP contribution is 2.20. The lowest BCUT2D eigenvalue weighted by atomic mass is 10.1. The third kappa shape index (κ3) is 4.51. The van der Waals surface area contributed by atoms with E-state index in [1.54, 1.807) is 11.8 Å². The zero-order valence-electron chi connectivity index (χ0n) is 16.8. The zero-order valence-corrected chi connectivity index (χ0v) is 16.8. The van der Waals surface area contributed by atoms with Gasteiger partial charge < -0.3 is 19.1 Å². The van der Waals surface area contributed by atoms with Crippen LogP contribution >= 0.6 is 0 Å². The van der Waals surface area contributed by atoms with Crippen molar-refractivity contribution in [1.29, 1.82) is 0 Å². The topological polar surface area (TPSA) is 75.9 Å². The number of Topliss-reactive ketones (excluding diaryl/α,β-unsaturated/α-hetero) is 1. The largest absolute Gasteiger partial charge is 0.471 e. The molecule has 0 aliphatic carbocycles. The molecule has 1 aliphatic heterocycles. The van der Waals surface area contributed by atoms with Crippen LogP contribution in [0, 0.1) is 0 Å². The van der Waals surface area contributed by atoms with E-state index in [0.717, 1.165) is 11.3 Å². The number of benzene rings is 2. The van der Waals surface area contributed by atoms with Crippen LogP contribution in [-0.2, 0) is 6.61 Å². The second-order valence-electron chi connectivity index (χ2n) is 7.19. The Labute approximate surface area is 174 Å². The van der Waals surface area contributed by atoms with Crippen LogP contribution in [-0.4, -0.2) is 47.9 Å². The predicted octanol–water partition coefficient (Wildman–Crippen LogP) is 3.42. The smallest absolute Gasteiger partial charge is 0.292 e. The van der Waals surface area contributed by atoms with Crippen LogP contribution in [0.4, 0.5) is 5.69 Å². The van der Waals surface area contributed by atoms with E-state index in [2.05, 4.69) is 10.1 Å². The van der Waals surface area contributed by atoms with E-state index in [1.807, 2.05) is 54.6 Å². The van der Waals surface area contributed by atoms with Gasteiger partial charge in [-0.25, -0.2) is 0 Å². The van der Waals surface area contributed by atoms with Crippen molar-refractivity contribution in [1.82, 2.24) is 10.1 Å². The van der Waals surface area contributed by atoms with Crippen molar-refractivity contribution in [3.63, 3.8) is 0 Å². The quantitative estimate of drug-likeness (QED) is 0.585. The number of amides is 1. The molecule has 154 valence electrons. The molecule has 3 aromatic rings. The molecule has 4 rings (SSSR count). The lowest BCUT2D eigenvalue weighted by Crippen LogP contribution is -2.48. The monoisotopic (exact) mass is 405 g/mol. The van der Waals surface area contributed by atoms with Crippen LogP contribution in [0.15, 0.2) is 65.2 Å². The number of aromatic nitrogens is 1. The fourth-order valence-corrected chi connectivity index (χ4v) is 3.39. The van der Waals surface area contributed by atoms with Crippen molar-refractivity contribution in [3.8, 4) is 5.88 Å². The maximum absolute atomic E-state index is 12.7. The summed E-state index contributed by atoms with van der Waals surface area (Å²) in [6.07, 6.45) is 0. The number of hydrogen-bond donors (Lipinski definition) is 0. The van der Waals surface area contributed by atoms with Gasteiger partial charge >= 0.3 is 0 Å². The number of rotatable bonds is 6. The summed E-state index contributed by atoms with van der Waals surface area (Å²) < 4.78 is 10.8. The zero-order chi connectivity index (χ0) is 20.9. The van der Waals surface area contributed by atoms with Gasteiger partial charge in [0.1, 0.15) is 6.61 Å². The van der Waals surface area contributed by atoms with E-state index >= 15 is 0 Å². The van der Waals surface area contributed by atoms with Gasteiger partial charge in [0.15, 0.2) is 5.78 Å². The van der Waals surface area contributed by atoms with Crippen molar-refractivity contribution in [3.05, 3.63) is 77.6 Å². The van der Waals surface area contributed by atoms with E-state index in [4.69, 9.17) is 9.26 Å². The van der Waals surface area contributed by atoms with E-state index in [1.165, 1.54) is 6.07 Å². The van der Waals surface area contributed by atoms with E-state index in [-0.39, 0.29) is 17.5 Å². The Morgan fingerprint density at radius 2 is 1.70 bits per heavy atom. The lowest BCUT2D eigenvalue weighted by molar-refractivity contribution is 0.0704. The molecule has 0 bridgehead atoms. The molecule has 0 atom stereocenters. The molecule has 30 heavy (non-hydrogen) atoms. The molecular formula is C23H23N3O4. The summed E-state index contributed by atoms with van der Waals surface area (Å²) in [6, 6.07) is 18.8. The van der Waals surface area contributed by atoms with Crippen molar-refractivity contribution >= 4 is 17.4 Å². The summed E-state index contributed by atoms with van der Waals surface area (Å²) in [5.41, 5.74) is 2.76. The highest BCUT2D eigenvalue weighted by atomic mass is 16.5. The Hall–Kier alpha value is -3.61. The first kappa shape index (κ1) is 19.7. The van der Waals surface area contributed by atoms with Crippen LogP contribution in [0.25, 0.3) is 0 Å². The van der Waals surface area contributed by atoms with Gasteiger partial charge in [0, 0.05) is 37.4 Å². The highest BCUT2D eigenvalue weighted by Gasteiger charge is 2.25. The number of piperazine rings is 1. The van der Waals surface area contributed by atoms with Gasteiger partial charge in [0.05, 0.1) is 6.07 Å². The Kier molecular flexibility index (Phi) is 5.79. The molecule has 1 saturated heterocycles. The van der Waals surface area contributed by atoms with Crippen LogP contribution in [0.2, 0.25) is 0 Å². The standard InChI is InChI=1S/C23H23N3O4/c1-17(27)19-7-9-20(10-8-19)25-11-13-26(14-12-25)23(28)21-15-22(24-30-21)29-16-18-5-3-2-4-6-18/h2-10,15H,11-14,16H2,1H3. The molecule has 7 heteroatoms.